The fourth-order valence-electron chi connectivity index (χ4n) is 1.68. The normalized spacial score (nSPS) is 11.3. The minimum absolute atomic E-state index is 0.103. The number of hydrogen-bond donors (Lipinski definition) is 0. The highest BCUT2D eigenvalue weighted by Crippen LogP contribution is 2.26. The Morgan fingerprint density at radius 1 is 1.44 bits per heavy atom. The molecule has 6 heteroatoms. The van der Waals surface area contributed by atoms with E-state index in [1.54, 1.807) is 28.0 Å². The molecular weight excluding hydrogens is 273 g/mol. The van der Waals surface area contributed by atoms with Crippen molar-refractivity contribution in [1.29, 1.82) is 0 Å². The maximum atomic E-state index is 13.1. The summed E-state index contributed by atoms with van der Waals surface area (Å²) in [6.45, 7) is 2.05. The van der Waals surface area contributed by atoms with Gasteiger partial charge in [0, 0.05) is 5.56 Å². The van der Waals surface area contributed by atoms with E-state index in [2.05, 4.69) is 17.0 Å². The predicted octanol–water partition coefficient (Wildman–Crippen LogP) is 3.81. The molecule has 0 N–H and O–H groups in total. The van der Waals surface area contributed by atoms with E-state index in [-0.39, 0.29) is 5.02 Å². The van der Waals surface area contributed by atoms with Crippen LogP contribution in [0.5, 0.6) is 0 Å². The summed E-state index contributed by atoms with van der Waals surface area (Å²) in [6, 6.07) is 4.58. The number of imidazole rings is 1. The molecule has 0 saturated carbocycles. The third kappa shape index (κ3) is 1.89. The SMILES string of the molecule is CCc1nn2cc(-c3ccc(F)c(Cl)c3)nc2s1. The van der Waals surface area contributed by atoms with Crippen molar-refractivity contribution >= 4 is 27.9 Å². The molecule has 3 aromatic rings. The minimum Gasteiger partial charge on any atom is -0.217 e. The van der Waals surface area contributed by atoms with Crippen LogP contribution in [0.1, 0.15) is 11.9 Å². The maximum Gasteiger partial charge on any atom is 0.212 e. The standard InChI is InChI=1S/C12H9ClFN3S/c1-2-11-16-17-6-10(15-12(17)18-11)7-3-4-9(14)8(13)5-7/h3-6H,2H2,1H3. The Bertz CT molecular complexity index is 688. The minimum atomic E-state index is -0.423. The summed E-state index contributed by atoms with van der Waals surface area (Å²) in [7, 11) is 0. The van der Waals surface area contributed by atoms with Gasteiger partial charge in [0.1, 0.15) is 10.8 Å². The van der Waals surface area contributed by atoms with Crippen LogP contribution in [0.3, 0.4) is 0 Å². The number of nitrogens with zero attached hydrogens (tertiary/aromatic N) is 3. The van der Waals surface area contributed by atoms with E-state index in [0.717, 1.165) is 27.6 Å². The summed E-state index contributed by atoms with van der Waals surface area (Å²) in [5, 5.41) is 5.53. The van der Waals surface area contributed by atoms with Gasteiger partial charge in [-0.2, -0.15) is 5.10 Å². The van der Waals surface area contributed by atoms with Crippen molar-refractivity contribution in [2.24, 2.45) is 0 Å². The molecule has 2 heterocycles. The van der Waals surface area contributed by atoms with E-state index in [1.165, 1.54) is 6.07 Å². The Morgan fingerprint density at radius 3 is 2.94 bits per heavy atom. The van der Waals surface area contributed by atoms with Gasteiger partial charge in [-0.05, 0) is 24.6 Å². The van der Waals surface area contributed by atoms with Crippen LogP contribution >= 0.6 is 22.9 Å². The molecule has 0 fully saturated rings. The van der Waals surface area contributed by atoms with Gasteiger partial charge in [0.2, 0.25) is 4.96 Å². The lowest BCUT2D eigenvalue weighted by Crippen LogP contribution is -1.84. The Labute approximate surface area is 112 Å². The topological polar surface area (TPSA) is 30.2 Å². The van der Waals surface area contributed by atoms with Gasteiger partial charge in [0.05, 0.1) is 16.9 Å². The smallest absolute Gasteiger partial charge is 0.212 e. The highest BCUT2D eigenvalue weighted by molar-refractivity contribution is 7.16. The second kappa shape index (κ2) is 4.33. The van der Waals surface area contributed by atoms with Gasteiger partial charge >= 0.3 is 0 Å². The third-order valence-corrected chi connectivity index (χ3v) is 3.96. The zero-order valence-electron chi connectivity index (χ0n) is 9.52. The van der Waals surface area contributed by atoms with Crippen molar-refractivity contribution in [1.82, 2.24) is 14.6 Å². The molecule has 0 saturated heterocycles. The number of hydrogen-bond acceptors (Lipinski definition) is 3. The first-order valence-electron chi connectivity index (χ1n) is 5.48. The van der Waals surface area contributed by atoms with Crippen LogP contribution in [0.25, 0.3) is 16.2 Å². The summed E-state index contributed by atoms with van der Waals surface area (Å²) in [6.07, 6.45) is 2.72. The van der Waals surface area contributed by atoms with Crippen molar-refractivity contribution in [3.05, 3.63) is 40.2 Å². The van der Waals surface area contributed by atoms with E-state index in [4.69, 9.17) is 11.6 Å². The van der Waals surface area contributed by atoms with Crippen LogP contribution < -0.4 is 0 Å². The zero-order valence-corrected chi connectivity index (χ0v) is 11.1. The average Bonchev–Trinajstić information content (AvgIpc) is 2.90. The van der Waals surface area contributed by atoms with Gasteiger partial charge in [-0.15, -0.1) is 0 Å². The molecule has 0 aliphatic carbocycles. The second-order valence-corrected chi connectivity index (χ2v) is 5.28. The highest BCUT2D eigenvalue weighted by atomic mass is 35.5. The van der Waals surface area contributed by atoms with Crippen LogP contribution in [0.4, 0.5) is 4.39 Å². The largest absolute Gasteiger partial charge is 0.217 e. The first-order chi connectivity index (χ1) is 8.67. The van der Waals surface area contributed by atoms with E-state index in [9.17, 15) is 4.39 Å². The summed E-state index contributed by atoms with van der Waals surface area (Å²) in [4.78, 5) is 5.30. The van der Waals surface area contributed by atoms with Gasteiger partial charge in [-0.1, -0.05) is 29.9 Å². The molecule has 3 nitrogen and oxygen atoms in total. The molecule has 0 radical (unpaired) electrons. The average molecular weight is 282 g/mol. The lowest BCUT2D eigenvalue weighted by Gasteiger charge is -1.98. The number of fused-ring (bicyclic) bond motifs is 1. The molecule has 18 heavy (non-hydrogen) atoms. The Kier molecular flexibility index (Phi) is 2.80. The van der Waals surface area contributed by atoms with Crippen LogP contribution in [0, 0.1) is 5.82 Å². The lowest BCUT2D eigenvalue weighted by molar-refractivity contribution is 0.628. The van der Waals surface area contributed by atoms with Crippen molar-refractivity contribution in [3.63, 3.8) is 0 Å². The van der Waals surface area contributed by atoms with Gasteiger partial charge in [-0.25, -0.2) is 13.9 Å². The van der Waals surface area contributed by atoms with Crippen LogP contribution in [-0.2, 0) is 6.42 Å². The van der Waals surface area contributed by atoms with E-state index in [0.29, 0.717) is 0 Å². The quantitative estimate of drug-likeness (QED) is 0.715. The third-order valence-electron chi connectivity index (χ3n) is 2.60. The van der Waals surface area contributed by atoms with Gasteiger partial charge in [0.15, 0.2) is 0 Å². The Morgan fingerprint density at radius 2 is 2.28 bits per heavy atom. The lowest BCUT2D eigenvalue weighted by atomic mass is 10.2. The number of aryl methyl sites for hydroxylation is 1. The van der Waals surface area contributed by atoms with Crippen LogP contribution in [-0.4, -0.2) is 14.6 Å². The fourth-order valence-corrected chi connectivity index (χ4v) is 2.67. The molecule has 0 aliphatic rings. The van der Waals surface area contributed by atoms with Gasteiger partial charge in [0.25, 0.3) is 0 Å². The number of benzene rings is 1. The molecule has 0 bridgehead atoms. The van der Waals surface area contributed by atoms with E-state index >= 15 is 0 Å². The number of rotatable bonds is 2. The first-order valence-corrected chi connectivity index (χ1v) is 6.67. The summed E-state index contributed by atoms with van der Waals surface area (Å²) < 4.78 is 14.8. The number of aromatic nitrogens is 3. The molecule has 0 unspecified atom stereocenters. The molecule has 2 aromatic heterocycles. The van der Waals surface area contributed by atoms with Gasteiger partial charge < -0.3 is 0 Å². The first kappa shape index (κ1) is 11.6. The zero-order chi connectivity index (χ0) is 12.7. The molecular formula is C12H9ClFN3S. The van der Waals surface area contributed by atoms with Crippen LogP contribution in [0.15, 0.2) is 24.4 Å². The molecule has 1 aromatic carbocycles. The van der Waals surface area contributed by atoms with Crippen molar-refractivity contribution in [2.45, 2.75) is 13.3 Å². The van der Waals surface area contributed by atoms with Gasteiger partial charge in [-0.3, -0.25) is 0 Å². The van der Waals surface area contributed by atoms with Crippen molar-refractivity contribution < 1.29 is 4.39 Å². The van der Waals surface area contributed by atoms with Crippen molar-refractivity contribution in [2.75, 3.05) is 0 Å². The molecule has 92 valence electrons. The predicted molar refractivity (Wildman–Crippen MR) is 70.6 cm³/mol. The second-order valence-electron chi connectivity index (χ2n) is 3.83. The summed E-state index contributed by atoms with van der Waals surface area (Å²) in [5.41, 5.74) is 1.54. The molecule has 3 rings (SSSR count). The van der Waals surface area contributed by atoms with Crippen molar-refractivity contribution in [3.8, 4) is 11.3 Å². The monoisotopic (exact) mass is 281 g/mol. The summed E-state index contributed by atoms with van der Waals surface area (Å²) in [5.74, 6) is -0.423. The van der Waals surface area contributed by atoms with E-state index in [1.807, 2.05) is 6.20 Å². The number of halogens is 2. The van der Waals surface area contributed by atoms with E-state index < -0.39 is 5.82 Å². The fraction of sp³-hybridized carbons (Fsp3) is 0.167. The molecule has 0 spiro atoms. The molecule has 0 aliphatic heterocycles. The maximum absolute atomic E-state index is 13.1. The molecule has 0 atom stereocenters. The Balaban J connectivity index is 2.07. The Hall–Kier alpha value is -1.46. The summed E-state index contributed by atoms with van der Waals surface area (Å²) >= 11 is 7.32. The highest BCUT2D eigenvalue weighted by Gasteiger charge is 2.10. The van der Waals surface area contributed by atoms with Crippen LogP contribution in [0.2, 0.25) is 5.02 Å². The molecule has 0 amide bonds.